The van der Waals surface area contributed by atoms with Crippen LogP contribution < -0.4 is 10.6 Å². The lowest BCUT2D eigenvalue weighted by atomic mass is 9.95. The monoisotopic (exact) mass is 861 g/mol. The molecule has 3 aromatic carbocycles. The SMILES string of the molecule is COC(=O)c1ccc(CCc2ccc(NC(=O)c3c(NC(=O)c4cccc(CN(C5CC5)C5CCN(C(=O)CN(C)C(=O)OC(C)(C)C)CC5)c4)sc4c3CCCC4)cc2)cc1. The van der Waals surface area contributed by atoms with Crippen molar-refractivity contribution in [1.29, 1.82) is 0 Å². The van der Waals surface area contributed by atoms with Crippen molar-refractivity contribution >= 4 is 51.8 Å². The second-order valence-electron chi connectivity index (χ2n) is 17.8. The van der Waals surface area contributed by atoms with Gasteiger partial charge in [-0.15, -0.1) is 11.3 Å². The number of piperidine rings is 1. The van der Waals surface area contributed by atoms with Crippen LogP contribution in [-0.4, -0.2) is 96.0 Å². The number of fused-ring (bicyclic) bond motifs is 1. The van der Waals surface area contributed by atoms with Crippen LogP contribution in [0.15, 0.2) is 72.8 Å². The molecule has 0 spiro atoms. The van der Waals surface area contributed by atoms with Gasteiger partial charge in [-0.05, 0) is 144 Å². The Hall–Kier alpha value is -5.53. The van der Waals surface area contributed by atoms with E-state index >= 15 is 0 Å². The zero-order valence-corrected chi connectivity index (χ0v) is 37.4. The van der Waals surface area contributed by atoms with Gasteiger partial charge in [0.25, 0.3) is 11.8 Å². The number of aryl methyl sites for hydroxylation is 3. The first-order valence-electron chi connectivity index (χ1n) is 21.8. The lowest BCUT2D eigenvalue weighted by Crippen LogP contribution is -2.50. The van der Waals surface area contributed by atoms with Crippen LogP contribution in [0.5, 0.6) is 0 Å². The largest absolute Gasteiger partial charge is 0.465 e. The van der Waals surface area contributed by atoms with Gasteiger partial charge >= 0.3 is 12.1 Å². The minimum Gasteiger partial charge on any atom is -0.465 e. The Morgan fingerprint density at radius 2 is 1.42 bits per heavy atom. The van der Waals surface area contributed by atoms with Crippen LogP contribution >= 0.6 is 11.3 Å². The Morgan fingerprint density at radius 3 is 2.06 bits per heavy atom. The molecule has 0 unspecified atom stereocenters. The minimum atomic E-state index is -0.628. The summed E-state index contributed by atoms with van der Waals surface area (Å²) < 4.78 is 10.2. The molecule has 2 N–H and O–H groups in total. The molecule has 4 amide bonds. The Bertz CT molecular complexity index is 2250. The van der Waals surface area contributed by atoms with Crippen LogP contribution in [0.3, 0.4) is 0 Å². The molecule has 7 rings (SSSR count). The normalized spacial score (nSPS) is 15.4. The van der Waals surface area contributed by atoms with Crippen molar-refractivity contribution in [3.8, 4) is 0 Å². The molecule has 2 heterocycles. The van der Waals surface area contributed by atoms with Crippen molar-refractivity contribution < 1.29 is 33.4 Å². The maximum atomic E-state index is 14.0. The van der Waals surface area contributed by atoms with Crippen LogP contribution in [0.25, 0.3) is 0 Å². The van der Waals surface area contributed by atoms with E-state index in [1.165, 1.54) is 23.3 Å². The standard InChI is InChI=1S/C49H59N5O7S/c1-49(2,3)61-48(59)52(4)31-42(55)53-27-25-39(26-28-53)54(38-23-24-38)30-34-9-8-10-36(29-34)44(56)51-46-43(40-11-6-7-12-41(40)62-46)45(57)50-37-21-17-33(18-22-37)14-13-32-15-19-35(20-16-32)47(58)60-5/h8-10,15-22,29,38-39H,6-7,11-14,23-28,30-31H2,1-5H3,(H,50,57)(H,51,56). The fourth-order valence-electron chi connectivity index (χ4n) is 8.37. The minimum absolute atomic E-state index is 0.0184. The molecule has 62 heavy (non-hydrogen) atoms. The number of hydrogen-bond donors (Lipinski definition) is 2. The summed E-state index contributed by atoms with van der Waals surface area (Å²) in [4.78, 5) is 72.2. The molecule has 12 nitrogen and oxygen atoms in total. The molecule has 3 aliphatic rings. The molecule has 1 saturated heterocycles. The fraction of sp³-hybridized carbons (Fsp3) is 0.449. The predicted molar refractivity (Wildman–Crippen MR) is 242 cm³/mol. The molecular formula is C49H59N5O7S. The Morgan fingerprint density at radius 1 is 0.774 bits per heavy atom. The quantitative estimate of drug-likeness (QED) is 0.121. The van der Waals surface area contributed by atoms with Crippen molar-refractivity contribution in [2.75, 3.05) is 44.4 Å². The number of methoxy groups -OCH3 is 1. The van der Waals surface area contributed by atoms with Gasteiger partial charge in [0, 0.05) is 54.9 Å². The number of carbonyl (C=O) groups is 5. The number of rotatable bonds is 14. The van der Waals surface area contributed by atoms with Crippen LogP contribution in [0.2, 0.25) is 0 Å². The van der Waals surface area contributed by atoms with Gasteiger partial charge in [-0.2, -0.15) is 0 Å². The van der Waals surface area contributed by atoms with Crippen molar-refractivity contribution in [2.45, 2.75) is 109 Å². The highest BCUT2D eigenvalue weighted by Crippen LogP contribution is 2.39. The van der Waals surface area contributed by atoms with E-state index < -0.39 is 11.7 Å². The lowest BCUT2D eigenvalue weighted by molar-refractivity contribution is -0.133. The van der Waals surface area contributed by atoms with Crippen molar-refractivity contribution in [2.24, 2.45) is 0 Å². The molecule has 0 bridgehead atoms. The summed E-state index contributed by atoms with van der Waals surface area (Å²) in [5.41, 5.74) is 5.99. The highest BCUT2D eigenvalue weighted by molar-refractivity contribution is 7.17. The Kier molecular flexibility index (Phi) is 14.1. The third kappa shape index (κ3) is 11.5. The molecule has 1 aliphatic heterocycles. The van der Waals surface area contributed by atoms with E-state index in [0.717, 1.165) is 91.3 Å². The van der Waals surface area contributed by atoms with Gasteiger partial charge in [0.15, 0.2) is 0 Å². The number of carbonyl (C=O) groups excluding carboxylic acids is 5. The Labute approximate surface area is 368 Å². The molecule has 1 saturated carbocycles. The van der Waals surface area contributed by atoms with Crippen LogP contribution in [0, 0.1) is 0 Å². The summed E-state index contributed by atoms with van der Waals surface area (Å²) in [6.07, 6.45) is 8.79. The van der Waals surface area contributed by atoms with Crippen molar-refractivity contribution in [1.82, 2.24) is 14.7 Å². The van der Waals surface area contributed by atoms with Crippen LogP contribution in [0.1, 0.15) is 118 Å². The van der Waals surface area contributed by atoms with E-state index in [1.807, 2.05) is 59.5 Å². The van der Waals surface area contributed by atoms with Crippen LogP contribution in [-0.2, 0) is 46.5 Å². The number of thiophene rings is 1. The van der Waals surface area contributed by atoms with Gasteiger partial charge in [-0.1, -0.05) is 36.4 Å². The molecule has 0 atom stereocenters. The molecule has 2 fully saturated rings. The maximum absolute atomic E-state index is 14.0. The molecule has 4 aromatic rings. The smallest absolute Gasteiger partial charge is 0.410 e. The summed E-state index contributed by atoms with van der Waals surface area (Å²) in [5.74, 6) is -0.904. The van der Waals surface area contributed by atoms with E-state index in [-0.39, 0.29) is 30.2 Å². The highest BCUT2D eigenvalue weighted by atomic mass is 32.1. The van der Waals surface area contributed by atoms with E-state index in [0.29, 0.717) is 59.1 Å². The van der Waals surface area contributed by atoms with Gasteiger partial charge < -0.3 is 29.9 Å². The summed E-state index contributed by atoms with van der Waals surface area (Å²) >= 11 is 1.51. The van der Waals surface area contributed by atoms with E-state index in [2.05, 4.69) is 21.6 Å². The van der Waals surface area contributed by atoms with Gasteiger partial charge in [0.2, 0.25) is 5.91 Å². The summed E-state index contributed by atoms with van der Waals surface area (Å²) in [7, 11) is 2.96. The first kappa shape index (κ1) is 44.5. The zero-order chi connectivity index (χ0) is 44.0. The number of anilines is 2. The molecular weight excluding hydrogens is 803 g/mol. The number of esters is 1. The topological polar surface area (TPSA) is 138 Å². The first-order valence-corrected chi connectivity index (χ1v) is 22.7. The number of likely N-dealkylation sites (N-methyl/N-ethyl adjacent to an activating group) is 1. The van der Waals surface area contributed by atoms with Gasteiger partial charge in [0.1, 0.15) is 17.1 Å². The molecule has 0 radical (unpaired) electrons. The number of nitrogens with zero attached hydrogens (tertiary/aromatic N) is 3. The second-order valence-corrected chi connectivity index (χ2v) is 18.9. The van der Waals surface area contributed by atoms with Gasteiger partial charge in [0.05, 0.1) is 18.2 Å². The zero-order valence-electron chi connectivity index (χ0n) is 36.6. The highest BCUT2D eigenvalue weighted by Gasteiger charge is 2.37. The second kappa shape index (κ2) is 19.7. The van der Waals surface area contributed by atoms with Gasteiger partial charge in [-0.3, -0.25) is 19.3 Å². The number of likely N-dealkylation sites (tertiary alicyclic amines) is 1. The number of nitrogens with one attached hydrogen (secondary N) is 2. The lowest BCUT2D eigenvalue weighted by Gasteiger charge is -2.39. The summed E-state index contributed by atoms with van der Waals surface area (Å²) in [5, 5.41) is 6.82. The van der Waals surface area contributed by atoms with Crippen molar-refractivity contribution in [3.05, 3.63) is 117 Å². The molecule has 13 heteroatoms. The molecule has 2 aliphatic carbocycles. The summed E-state index contributed by atoms with van der Waals surface area (Å²) in [6, 6.07) is 23.9. The Balaban J connectivity index is 0.956. The van der Waals surface area contributed by atoms with Crippen molar-refractivity contribution in [3.63, 3.8) is 0 Å². The molecule has 328 valence electrons. The van der Waals surface area contributed by atoms with E-state index in [4.69, 9.17) is 9.47 Å². The third-order valence-corrected chi connectivity index (χ3v) is 13.1. The molecule has 1 aromatic heterocycles. The number of hydrogen-bond acceptors (Lipinski definition) is 9. The number of ether oxygens (including phenoxy) is 2. The van der Waals surface area contributed by atoms with Gasteiger partial charge in [-0.25, -0.2) is 9.59 Å². The number of amides is 4. The third-order valence-electron chi connectivity index (χ3n) is 11.8. The average Bonchev–Trinajstić information content (AvgIpc) is 4.04. The van der Waals surface area contributed by atoms with E-state index in [9.17, 15) is 24.0 Å². The summed E-state index contributed by atoms with van der Waals surface area (Å²) in [6.45, 7) is 7.36. The van der Waals surface area contributed by atoms with Crippen LogP contribution in [0.4, 0.5) is 15.5 Å². The van der Waals surface area contributed by atoms with E-state index in [1.54, 1.807) is 40.0 Å². The average molecular weight is 862 g/mol. The maximum Gasteiger partial charge on any atom is 0.410 e. The number of benzene rings is 3. The predicted octanol–water partition coefficient (Wildman–Crippen LogP) is 8.53. The first-order chi connectivity index (χ1) is 29.7. The fourth-order valence-corrected chi connectivity index (χ4v) is 9.65.